The Balaban J connectivity index is 2.26. The fourth-order valence-corrected chi connectivity index (χ4v) is 3.11. The number of ketones is 1. The molecule has 1 aromatic rings. The molecule has 1 aromatic heterocycles. The van der Waals surface area contributed by atoms with Crippen LogP contribution >= 0.6 is 0 Å². The molecule has 0 spiro atoms. The quantitative estimate of drug-likeness (QED) is 0.847. The van der Waals surface area contributed by atoms with Crippen LogP contribution < -0.4 is 5.73 Å². The van der Waals surface area contributed by atoms with Crippen molar-refractivity contribution in [2.24, 2.45) is 12.8 Å². The minimum absolute atomic E-state index is 0.0745. The first-order chi connectivity index (χ1) is 11.2. The number of carbonyl (C=O) groups is 1. The first kappa shape index (κ1) is 16.1. The monoisotopic (exact) mass is 338 g/mol. The Labute approximate surface area is 135 Å². The minimum atomic E-state index is -4.72. The summed E-state index contributed by atoms with van der Waals surface area (Å²) in [7, 11) is 1.34. The van der Waals surface area contributed by atoms with Crippen LogP contribution in [-0.2, 0) is 22.8 Å². The predicted molar refractivity (Wildman–Crippen MR) is 74.7 cm³/mol. The summed E-state index contributed by atoms with van der Waals surface area (Å²) in [6, 6.07) is 1.78. The highest BCUT2D eigenvalue weighted by Crippen LogP contribution is 2.46. The van der Waals surface area contributed by atoms with Gasteiger partial charge in [0.15, 0.2) is 11.5 Å². The topological polar surface area (TPSA) is 93.9 Å². The van der Waals surface area contributed by atoms with Crippen LogP contribution in [0.15, 0.2) is 29.0 Å². The van der Waals surface area contributed by atoms with Gasteiger partial charge in [-0.05, 0) is 6.42 Å². The maximum absolute atomic E-state index is 13.3. The van der Waals surface area contributed by atoms with E-state index in [2.05, 4.69) is 5.10 Å². The predicted octanol–water partition coefficient (Wildman–Crippen LogP) is 2.25. The number of aryl methyl sites for hydroxylation is 1. The number of nitriles is 1. The number of alkyl halides is 3. The number of rotatable bonds is 1. The molecule has 3 rings (SSSR count). The maximum atomic E-state index is 13.3. The Bertz CT molecular complexity index is 827. The second kappa shape index (κ2) is 5.40. The summed E-state index contributed by atoms with van der Waals surface area (Å²) in [5.41, 5.74) is 4.18. The lowest BCUT2D eigenvalue weighted by molar-refractivity contribution is -0.142. The van der Waals surface area contributed by atoms with E-state index in [4.69, 9.17) is 10.5 Å². The molecule has 2 N–H and O–H groups in total. The van der Waals surface area contributed by atoms with Crippen molar-refractivity contribution < 1.29 is 22.7 Å². The molecular weight excluding hydrogens is 325 g/mol. The van der Waals surface area contributed by atoms with Crippen molar-refractivity contribution in [3.8, 4) is 6.07 Å². The highest BCUT2D eigenvalue weighted by molar-refractivity contribution is 5.99. The van der Waals surface area contributed by atoms with Gasteiger partial charge in [0.25, 0.3) is 0 Å². The first-order valence-corrected chi connectivity index (χ1v) is 7.18. The Hall–Kier alpha value is -2.76. The van der Waals surface area contributed by atoms with Crippen LogP contribution in [0.4, 0.5) is 13.2 Å². The second-order valence-electron chi connectivity index (χ2n) is 5.64. The summed E-state index contributed by atoms with van der Waals surface area (Å²) >= 11 is 0. The van der Waals surface area contributed by atoms with E-state index in [1.165, 1.54) is 7.05 Å². The molecule has 1 aliphatic heterocycles. The fraction of sp³-hybridized carbons (Fsp3) is 0.400. The molecule has 0 amide bonds. The molecule has 0 radical (unpaired) electrons. The van der Waals surface area contributed by atoms with Gasteiger partial charge >= 0.3 is 6.18 Å². The van der Waals surface area contributed by atoms with Gasteiger partial charge < -0.3 is 10.5 Å². The molecule has 1 aliphatic carbocycles. The van der Waals surface area contributed by atoms with E-state index in [9.17, 15) is 23.2 Å². The third kappa shape index (κ3) is 2.44. The lowest BCUT2D eigenvalue weighted by Gasteiger charge is -2.30. The summed E-state index contributed by atoms with van der Waals surface area (Å²) < 4.78 is 46.3. The number of halogens is 3. The molecule has 2 heterocycles. The summed E-state index contributed by atoms with van der Waals surface area (Å²) in [6.45, 7) is 0. The van der Waals surface area contributed by atoms with Crippen LogP contribution in [0.5, 0.6) is 0 Å². The van der Waals surface area contributed by atoms with Crippen LogP contribution in [-0.4, -0.2) is 15.6 Å². The van der Waals surface area contributed by atoms with Gasteiger partial charge in [0.1, 0.15) is 17.4 Å². The molecule has 0 fully saturated rings. The van der Waals surface area contributed by atoms with E-state index in [1.54, 1.807) is 6.07 Å². The Morgan fingerprint density at radius 1 is 1.46 bits per heavy atom. The average Bonchev–Trinajstić information content (AvgIpc) is 2.88. The number of ether oxygens (including phenoxy) is 1. The highest BCUT2D eigenvalue weighted by Gasteiger charge is 2.45. The molecule has 9 heteroatoms. The third-order valence-electron chi connectivity index (χ3n) is 4.04. The summed E-state index contributed by atoms with van der Waals surface area (Å²) in [6.07, 6.45) is -2.45. The molecule has 1 atom stereocenters. The molecule has 126 valence electrons. The zero-order chi connectivity index (χ0) is 17.6. The van der Waals surface area contributed by atoms with Crippen molar-refractivity contribution in [3.05, 3.63) is 40.2 Å². The Morgan fingerprint density at radius 3 is 2.79 bits per heavy atom. The smallest absolute Gasteiger partial charge is 0.435 e. The van der Waals surface area contributed by atoms with Crippen LogP contribution in [0.2, 0.25) is 0 Å². The van der Waals surface area contributed by atoms with Crippen LogP contribution in [0, 0.1) is 11.3 Å². The van der Waals surface area contributed by atoms with Gasteiger partial charge in [-0.3, -0.25) is 9.48 Å². The minimum Gasteiger partial charge on any atom is -0.444 e. The summed E-state index contributed by atoms with van der Waals surface area (Å²) in [5.74, 6) is -1.58. The first-order valence-electron chi connectivity index (χ1n) is 7.18. The van der Waals surface area contributed by atoms with E-state index in [1.807, 2.05) is 0 Å². The summed E-state index contributed by atoms with van der Waals surface area (Å²) in [5, 5.41) is 12.8. The number of nitrogens with zero attached hydrogens (tertiary/aromatic N) is 3. The molecule has 2 aliphatic rings. The lowest BCUT2D eigenvalue weighted by Crippen LogP contribution is -2.28. The van der Waals surface area contributed by atoms with Crippen LogP contribution in [0.1, 0.15) is 36.4 Å². The molecule has 6 nitrogen and oxygen atoms in total. The van der Waals surface area contributed by atoms with E-state index in [-0.39, 0.29) is 40.6 Å². The van der Waals surface area contributed by atoms with E-state index < -0.39 is 17.8 Å². The number of hydrogen-bond donors (Lipinski definition) is 1. The van der Waals surface area contributed by atoms with Gasteiger partial charge in [0.2, 0.25) is 5.88 Å². The maximum Gasteiger partial charge on any atom is 0.435 e. The van der Waals surface area contributed by atoms with E-state index in [0.717, 1.165) is 10.9 Å². The standard InChI is InChI=1S/C15H13F3N4O2/c1-22-6-8(13(21-22)15(16,17)18)11-7(5-19)14(20)24-10-4-2-3-9(23)12(10)11/h6,11H,2-4,20H2,1H3/t11-/m0/s1. The normalized spacial score (nSPS) is 21.5. The number of allylic oxidation sites excluding steroid dienone is 3. The Kier molecular flexibility index (Phi) is 3.63. The van der Waals surface area contributed by atoms with Crippen molar-refractivity contribution in [3.63, 3.8) is 0 Å². The van der Waals surface area contributed by atoms with Gasteiger partial charge in [-0.15, -0.1) is 0 Å². The van der Waals surface area contributed by atoms with E-state index in [0.29, 0.717) is 12.8 Å². The lowest BCUT2D eigenvalue weighted by atomic mass is 9.77. The SMILES string of the molecule is Cn1cc([C@@H]2C(C#N)=C(N)OC3=C2C(=O)CCC3)c(C(F)(F)F)n1. The van der Waals surface area contributed by atoms with Crippen molar-refractivity contribution in [1.29, 1.82) is 5.26 Å². The summed E-state index contributed by atoms with van der Waals surface area (Å²) in [4.78, 5) is 12.3. The van der Waals surface area contributed by atoms with Crippen molar-refractivity contribution in [2.45, 2.75) is 31.4 Å². The van der Waals surface area contributed by atoms with E-state index >= 15 is 0 Å². The third-order valence-corrected chi connectivity index (χ3v) is 4.04. The molecule has 0 aromatic carbocycles. The molecular formula is C15H13F3N4O2. The van der Waals surface area contributed by atoms with Crippen molar-refractivity contribution >= 4 is 5.78 Å². The van der Waals surface area contributed by atoms with Gasteiger partial charge in [0.05, 0.1) is 5.92 Å². The van der Waals surface area contributed by atoms with Crippen LogP contribution in [0.25, 0.3) is 0 Å². The number of carbonyl (C=O) groups excluding carboxylic acids is 1. The van der Waals surface area contributed by atoms with Gasteiger partial charge in [-0.1, -0.05) is 0 Å². The molecule has 0 bridgehead atoms. The zero-order valence-corrected chi connectivity index (χ0v) is 12.6. The van der Waals surface area contributed by atoms with Crippen molar-refractivity contribution in [1.82, 2.24) is 9.78 Å². The zero-order valence-electron chi connectivity index (χ0n) is 12.6. The second-order valence-corrected chi connectivity index (χ2v) is 5.64. The fourth-order valence-electron chi connectivity index (χ4n) is 3.11. The number of Topliss-reactive ketones (excluding diaryl/α,β-unsaturated/α-hetero) is 1. The highest BCUT2D eigenvalue weighted by atomic mass is 19.4. The largest absolute Gasteiger partial charge is 0.444 e. The van der Waals surface area contributed by atoms with Crippen molar-refractivity contribution in [2.75, 3.05) is 0 Å². The molecule has 0 unspecified atom stereocenters. The number of nitrogens with two attached hydrogens (primary N) is 1. The number of aromatic nitrogens is 2. The van der Waals surface area contributed by atoms with Crippen LogP contribution in [0.3, 0.4) is 0 Å². The molecule has 0 saturated carbocycles. The molecule has 0 saturated heterocycles. The van der Waals surface area contributed by atoms with Gasteiger partial charge in [0, 0.05) is 37.2 Å². The van der Waals surface area contributed by atoms with Gasteiger partial charge in [-0.2, -0.15) is 23.5 Å². The van der Waals surface area contributed by atoms with Gasteiger partial charge in [-0.25, -0.2) is 0 Å². The molecule has 24 heavy (non-hydrogen) atoms. The Morgan fingerprint density at radius 2 is 2.17 bits per heavy atom. The number of hydrogen-bond acceptors (Lipinski definition) is 5. The average molecular weight is 338 g/mol.